The Labute approximate surface area is 133 Å². The Balaban J connectivity index is 1.55. The van der Waals surface area contributed by atoms with Crippen LogP contribution >= 0.6 is 11.3 Å². The van der Waals surface area contributed by atoms with Gasteiger partial charge in [0, 0.05) is 30.4 Å². The van der Waals surface area contributed by atoms with Crippen LogP contribution in [0.2, 0.25) is 0 Å². The molecule has 0 spiro atoms. The van der Waals surface area contributed by atoms with Crippen molar-refractivity contribution in [3.63, 3.8) is 0 Å². The number of para-hydroxylation sites is 1. The summed E-state index contributed by atoms with van der Waals surface area (Å²) in [5.41, 5.74) is 0.960. The molecule has 6 heteroatoms. The summed E-state index contributed by atoms with van der Waals surface area (Å²) in [6.45, 7) is 2.66. The maximum absolute atomic E-state index is 12.3. The van der Waals surface area contributed by atoms with E-state index in [0.717, 1.165) is 30.3 Å². The van der Waals surface area contributed by atoms with Crippen LogP contribution in [-0.4, -0.2) is 47.6 Å². The summed E-state index contributed by atoms with van der Waals surface area (Å²) >= 11 is 1.67. The first-order valence-electron chi connectivity index (χ1n) is 7.41. The van der Waals surface area contributed by atoms with Crippen molar-refractivity contribution in [3.8, 4) is 0 Å². The molecular weight excluding hydrogens is 298 g/mol. The molecule has 5 nitrogen and oxygen atoms in total. The average Bonchev–Trinajstić information content (AvgIpc) is 3.17. The van der Waals surface area contributed by atoms with Crippen molar-refractivity contribution in [2.45, 2.75) is 18.7 Å². The molecule has 1 amide bonds. The van der Waals surface area contributed by atoms with E-state index in [1.165, 1.54) is 0 Å². The summed E-state index contributed by atoms with van der Waals surface area (Å²) in [4.78, 5) is 20.9. The lowest BCUT2D eigenvalue weighted by Gasteiger charge is -2.36. The number of hydrogen-bond donors (Lipinski definition) is 0. The van der Waals surface area contributed by atoms with Gasteiger partial charge < -0.3 is 9.64 Å². The first-order chi connectivity index (χ1) is 10.8. The standard InChI is InChI=1S/C16H17N3O2S/c20-16-11-21-14-9-18(10-15-17-6-7-22-15)8-13(14)19(16)12-4-2-1-3-5-12/h1-7,13-14H,8-11H2/t13-,14-/m0/s1. The quantitative estimate of drug-likeness (QED) is 0.866. The number of morpholine rings is 1. The molecule has 2 aliphatic heterocycles. The molecule has 0 saturated carbocycles. The predicted molar refractivity (Wildman–Crippen MR) is 84.8 cm³/mol. The highest BCUT2D eigenvalue weighted by Gasteiger charge is 2.43. The number of anilines is 1. The Bertz CT molecular complexity index is 647. The molecule has 2 fully saturated rings. The lowest BCUT2D eigenvalue weighted by atomic mass is 10.1. The second-order valence-electron chi connectivity index (χ2n) is 5.64. The number of carbonyl (C=O) groups is 1. The van der Waals surface area contributed by atoms with Gasteiger partial charge in [-0.15, -0.1) is 11.3 Å². The van der Waals surface area contributed by atoms with Crippen LogP contribution in [0.25, 0.3) is 0 Å². The minimum atomic E-state index is 0.0450. The zero-order chi connectivity index (χ0) is 14.9. The predicted octanol–water partition coefficient (Wildman–Crippen LogP) is 1.76. The van der Waals surface area contributed by atoms with E-state index in [4.69, 9.17) is 4.74 Å². The van der Waals surface area contributed by atoms with Crippen LogP contribution in [0.5, 0.6) is 0 Å². The first kappa shape index (κ1) is 13.9. The first-order valence-corrected chi connectivity index (χ1v) is 8.28. The molecule has 114 valence electrons. The van der Waals surface area contributed by atoms with E-state index >= 15 is 0 Å². The smallest absolute Gasteiger partial charge is 0.253 e. The number of amides is 1. The Morgan fingerprint density at radius 1 is 1.27 bits per heavy atom. The minimum Gasteiger partial charge on any atom is -0.365 e. The van der Waals surface area contributed by atoms with Gasteiger partial charge in [0.2, 0.25) is 0 Å². The molecule has 0 bridgehead atoms. The van der Waals surface area contributed by atoms with Crippen molar-refractivity contribution in [1.82, 2.24) is 9.88 Å². The fourth-order valence-electron chi connectivity index (χ4n) is 3.25. The minimum absolute atomic E-state index is 0.0450. The molecule has 1 aromatic carbocycles. The van der Waals surface area contributed by atoms with Crippen molar-refractivity contribution in [3.05, 3.63) is 46.9 Å². The normalized spacial score (nSPS) is 25.5. The van der Waals surface area contributed by atoms with Crippen molar-refractivity contribution in [1.29, 1.82) is 0 Å². The third-order valence-corrected chi connectivity index (χ3v) is 4.97. The third kappa shape index (κ3) is 2.54. The van der Waals surface area contributed by atoms with Gasteiger partial charge in [-0.05, 0) is 12.1 Å². The van der Waals surface area contributed by atoms with E-state index in [2.05, 4.69) is 9.88 Å². The van der Waals surface area contributed by atoms with E-state index in [0.29, 0.717) is 0 Å². The van der Waals surface area contributed by atoms with Crippen LogP contribution in [0.1, 0.15) is 5.01 Å². The monoisotopic (exact) mass is 315 g/mol. The van der Waals surface area contributed by atoms with Gasteiger partial charge in [-0.1, -0.05) is 18.2 Å². The Kier molecular flexibility index (Phi) is 3.65. The van der Waals surface area contributed by atoms with Gasteiger partial charge in [0.15, 0.2) is 0 Å². The summed E-state index contributed by atoms with van der Waals surface area (Å²) < 4.78 is 5.77. The van der Waals surface area contributed by atoms with Crippen LogP contribution < -0.4 is 4.90 Å². The summed E-state index contributed by atoms with van der Waals surface area (Å²) in [6.07, 6.45) is 1.91. The van der Waals surface area contributed by atoms with Crippen molar-refractivity contribution < 1.29 is 9.53 Å². The zero-order valence-electron chi connectivity index (χ0n) is 12.1. The fourth-order valence-corrected chi connectivity index (χ4v) is 3.91. The van der Waals surface area contributed by atoms with Gasteiger partial charge in [0.1, 0.15) is 11.6 Å². The molecule has 0 radical (unpaired) electrons. The average molecular weight is 315 g/mol. The number of fused-ring (bicyclic) bond motifs is 1. The Morgan fingerprint density at radius 2 is 2.14 bits per heavy atom. The van der Waals surface area contributed by atoms with Crippen molar-refractivity contribution >= 4 is 22.9 Å². The van der Waals surface area contributed by atoms with Gasteiger partial charge in [0.25, 0.3) is 5.91 Å². The van der Waals surface area contributed by atoms with Crippen LogP contribution in [-0.2, 0) is 16.1 Å². The maximum atomic E-state index is 12.3. The molecule has 2 atom stereocenters. The Morgan fingerprint density at radius 3 is 2.91 bits per heavy atom. The maximum Gasteiger partial charge on any atom is 0.253 e. The fraction of sp³-hybridized carbons (Fsp3) is 0.375. The third-order valence-electron chi connectivity index (χ3n) is 4.21. The van der Waals surface area contributed by atoms with Crippen LogP contribution in [0, 0.1) is 0 Å². The zero-order valence-corrected chi connectivity index (χ0v) is 12.9. The van der Waals surface area contributed by atoms with Crippen LogP contribution in [0.15, 0.2) is 41.9 Å². The van der Waals surface area contributed by atoms with E-state index < -0.39 is 0 Å². The number of ether oxygens (including phenoxy) is 1. The lowest BCUT2D eigenvalue weighted by molar-refractivity contribution is -0.130. The molecular formula is C16H17N3O2S. The molecule has 22 heavy (non-hydrogen) atoms. The molecule has 4 rings (SSSR count). The second-order valence-corrected chi connectivity index (χ2v) is 6.62. The number of likely N-dealkylation sites (tertiary alicyclic amines) is 1. The highest BCUT2D eigenvalue weighted by molar-refractivity contribution is 7.09. The topological polar surface area (TPSA) is 45.7 Å². The molecule has 0 aliphatic carbocycles. The van der Waals surface area contributed by atoms with E-state index in [1.54, 1.807) is 11.3 Å². The summed E-state index contributed by atoms with van der Waals surface area (Å²) in [6, 6.07) is 9.97. The molecule has 0 N–H and O–H groups in total. The summed E-state index contributed by atoms with van der Waals surface area (Å²) in [5.74, 6) is 0.0450. The van der Waals surface area contributed by atoms with Gasteiger partial charge in [-0.25, -0.2) is 4.98 Å². The largest absolute Gasteiger partial charge is 0.365 e. The van der Waals surface area contributed by atoms with Gasteiger partial charge >= 0.3 is 0 Å². The number of hydrogen-bond acceptors (Lipinski definition) is 5. The molecule has 0 unspecified atom stereocenters. The van der Waals surface area contributed by atoms with Crippen LogP contribution in [0.4, 0.5) is 5.69 Å². The highest BCUT2D eigenvalue weighted by atomic mass is 32.1. The number of carbonyl (C=O) groups excluding carboxylic acids is 1. The highest BCUT2D eigenvalue weighted by Crippen LogP contribution is 2.29. The van der Waals surface area contributed by atoms with E-state index in [1.807, 2.05) is 46.8 Å². The molecule has 2 aromatic rings. The van der Waals surface area contributed by atoms with Crippen molar-refractivity contribution in [2.24, 2.45) is 0 Å². The van der Waals surface area contributed by atoms with Gasteiger partial charge in [-0.3, -0.25) is 9.69 Å². The molecule has 2 aliphatic rings. The van der Waals surface area contributed by atoms with E-state index in [-0.39, 0.29) is 24.7 Å². The lowest BCUT2D eigenvalue weighted by Crippen LogP contribution is -2.54. The molecule has 3 heterocycles. The summed E-state index contributed by atoms with van der Waals surface area (Å²) in [5, 5.41) is 3.10. The molecule has 1 aromatic heterocycles. The number of aromatic nitrogens is 1. The Hall–Kier alpha value is -1.76. The van der Waals surface area contributed by atoms with Crippen molar-refractivity contribution in [2.75, 3.05) is 24.6 Å². The van der Waals surface area contributed by atoms with Gasteiger partial charge in [0.05, 0.1) is 18.7 Å². The summed E-state index contributed by atoms with van der Waals surface area (Å²) in [7, 11) is 0. The van der Waals surface area contributed by atoms with Gasteiger partial charge in [-0.2, -0.15) is 0 Å². The number of rotatable bonds is 3. The number of thiazole rings is 1. The number of benzene rings is 1. The molecule has 2 saturated heterocycles. The van der Waals surface area contributed by atoms with E-state index in [9.17, 15) is 4.79 Å². The second kappa shape index (κ2) is 5.79. The number of nitrogens with zero attached hydrogens (tertiary/aromatic N) is 3. The SMILES string of the molecule is O=C1CO[C@H]2CN(Cc3nccs3)C[C@@H]2N1c1ccccc1. The van der Waals surface area contributed by atoms with Crippen LogP contribution in [0.3, 0.4) is 0 Å².